The fourth-order valence-electron chi connectivity index (χ4n) is 2.79. The first-order chi connectivity index (χ1) is 8.34. The maximum Gasteiger partial charge on any atom is 0.137 e. The van der Waals surface area contributed by atoms with Crippen LogP contribution in [0.15, 0.2) is 30.3 Å². The van der Waals surface area contributed by atoms with Crippen LogP contribution in [-0.4, -0.2) is 5.78 Å². The summed E-state index contributed by atoms with van der Waals surface area (Å²) in [5.74, 6) is 1.08. The number of hydrogen-bond acceptors (Lipinski definition) is 1. The molecule has 1 aliphatic rings. The Morgan fingerprint density at radius 2 is 1.65 bits per heavy atom. The summed E-state index contributed by atoms with van der Waals surface area (Å²) in [7, 11) is 0. The van der Waals surface area contributed by atoms with Gasteiger partial charge in [-0.2, -0.15) is 0 Å². The minimum atomic E-state index is 0.420. The van der Waals surface area contributed by atoms with Crippen molar-refractivity contribution in [1.82, 2.24) is 0 Å². The van der Waals surface area contributed by atoms with Gasteiger partial charge in [0.15, 0.2) is 0 Å². The van der Waals surface area contributed by atoms with E-state index in [2.05, 4.69) is 0 Å². The molecule has 1 aromatic rings. The third-order valence-corrected chi connectivity index (χ3v) is 3.74. The molecule has 1 aromatic carbocycles. The summed E-state index contributed by atoms with van der Waals surface area (Å²) in [5.41, 5.74) is 1.16. The predicted molar refractivity (Wildman–Crippen MR) is 71.0 cm³/mol. The Balaban J connectivity index is 1.80. The van der Waals surface area contributed by atoms with Gasteiger partial charge in [0, 0.05) is 12.8 Å². The van der Waals surface area contributed by atoms with Gasteiger partial charge in [-0.25, -0.2) is 0 Å². The molecule has 0 N–H and O–H groups in total. The van der Waals surface area contributed by atoms with Gasteiger partial charge < -0.3 is 0 Å². The Hall–Kier alpha value is -1.11. The molecule has 0 unspecified atom stereocenters. The second kappa shape index (κ2) is 6.58. The molecular formula is C16H22O. The van der Waals surface area contributed by atoms with Crippen LogP contribution in [0.2, 0.25) is 0 Å². The van der Waals surface area contributed by atoms with Gasteiger partial charge in [0.25, 0.3) is 0 Å². The van der Waals surface area contributed by atoms with Gasteiger partial charge >= 0.3 is 0 Å². The van der Waals surface area contributed by atoms with Crippen molar-refractivity contribution in [1.29, 1.82) is 0 Å². The fourth-order valence-corrected chi connectivity index (χ4v) is 2.79. The number of ketones is 1. The summed E-state index contributed by atoms with van der Waals surface area (Å²) in [6.45, 7) is 0. The molecule has 1 saturated carbocycles. The van der Waals surface area contributed by atoms with Crippen LogP contribution >= 0.6 is 0 Å². The highest BCUT2D eigenvalue weighted by atomic mass is 16.1. The molecule has 1 aliphatic carbocycles. The predicted octanol–water partition coefficient (Wildman–Crippen LogP) is 4.16. The van der Waals surface area contributed by atoms with Crippen molar-refractivity contribution in [3.8, 4) is 0 Å². The van der Waals surface area contributed by atoms with Crippen molar-refractivity contribution >= 4 is 5.78 Å². The first kappa shape index (κ1) is 12.3. The Labute approximate surface area is 104 Å². The zero-order chi connectivity index (χ0) is 11.9. The summed E-state index contributed by atoms with van der Waals surface area (Å²) < 4.78 is 0. The van der Waals surface area contributed by atoms with Crippen molar-refractivity contribution in [2.75, 3.05) is 0 Å². The zero-order valence-electron chi connectivity index (χ0n) is 10.5. The van der Waals surface area contributed by atoms with Crippen LogP contribution in [0.1, 0.15) is 50.5 Å². The van der Waals surface area contributed by atoms with E-state index in [1.54, 1.807) is 0 Å². The van der Waals surface area contributed by atoms with Crippen LogP contribution in [0.3, 0.4) is 0 Å². The average Bonchev–Trinajstić information content (AvgIpc) is 2.59. The molecule has 0 radical (unpaired) electrons. The quantitative estimate of drug-likeness (QED) is 0.710. The molecule has 1 fully saturated rings. The first-order valence-electron chi connectivity index (χ1n) is 6.90. The lowest BCUT2D eigenvalue weighted by Crippen LogP contribution is -2.10. The first-order valence-corrected chi connectivity index (χ1v) is 6.90. The number of benzene rings is 1. The number of hydrogen-bond donors (Lipinski definition) is 0. The third kappa shape index (κ3) is 4.33. The highest BCUT2D eigenvalue weighted by Gasteiger charge is 2.16. The minimum Gasteiger partial charge on any atom is -0.299 e. The molecule has 92 valence electrons. The lowest BCUT2D eigenvalue weighted by molar-refractivity contribution is -0.119. The van der Waals surface area contributed by atoms with E-state index in [9.17, 15) is 4.79 Å². The summed E-state index contributed by atoms with van der Waals surface area (Å²) in [5, 5.41) is 0. The normalized spacial score (nSPS) is 17.6. The average molecular weight is 230 g/mol. The second-order valence-corrected chi connectivity index (χ2v) is 5.26. The van der Waals surface area contributed by atoms with E-state index in [0.29, 0.717) is 18.1 Å². The topological polar surface area (TPSA) is 17.1 Å². The van der Waals surface area contributed by atoms with Gasteiger partial charge in [0.2, 0.25) is 0 Å². The zero-order valence-corrected chi connectivity index (χ0v) is 10.5. The van der Waals surface area contributed by atoms with Gasteiger partial charge in [-0.15, -0.1) is 0 Å². The Bertz CT molecular complexity index is 334. The number of Topliss-reactive ketones (excluding diaryl/α,β-unsaturated/α-hetero) is 1. The molecule has 0 saturated heterocycles. The largest absolute Gasteiger partial charge is 0.299 e. The van der Waals surface area contributed by atoms with Crippen molar-refractivity contribution in [3.05, 3.63) is 35.9 Å². The van der Waals surface area contributed by atoms with Crippen LogP contribution in [0.25, 0.3) is 0 Å². The molecular weight excluding hydrogens is 208 g/mol. The molecule has 17 heavy (non-hydrogen) atoms. The third-order valence-electron chi connectivity index (χ3n) is 3.74. The minimum absolute atomic E-state index is 0.420. The summed E-state index contributed by atoms with van der Waals surface area (Å²) in [4.78, 5) is 12.0. The lowest BCUT2D eigenvalue weighted by Gasteiger charge is -2.12. The van der Waals surface area contributed by atoms with Gasteiger partial charge in [0.05, 0.1) is 0 Å². The van der Waals surface area contributed by atoms with Crippen molar-refractivity contribution in [3.63, 3.8) is 0 Å². The highest BCUT2D eigenvalue weighted by Crippen LogP contribution is 2.25. The van der Waals surface area contributed by atoms with E-state index in [4.69, 9.17) is 0 Å². The Morgan fingerprint density at radius 3 is 2.29 bits per heavy atom. The molecule has 1 heteroatoms. The summed E-state index contributed by atoms with van der Waals surface area (Å²) in [6, 6.07) is 10.1. The molecule has 0 heterocycles. The van der Waals surface area contributed by atoms with Crippen molar-refractivity contribution in [2.45, 2.75) is 51.4 Å². The van der Waals surface area contributed by atoms with E-state index >= 15 is 0 Å². The van der Waals surface area contributed by atoms with E-state index in [1.165, 1.54) is 38.5 Å². The molecule has 2 rings (SSSR count). The van der Waals surface area contributed by atoms with E-state index < -0.39 is 0 Å². The molecule has 0 aromatic heterocycles. The van der Waals surface area contributed by atoms with E-state index in [-0.39, 0.29) is 0 Å². The molecule has 0 amide bonds. The van der Waals surface area contributed by atoms with Crippen LogP contribution in [0.5, 0.6) is 0 Å². The molecule has 0 bridgehead atoms. The Morgan fingerprint density at radius 1 is 1.00 bits per heavy atom. The maximum absolute atomic E-state index is 12.0. The highest BCUT2D eigenvalue weighted by molar-refractivity contribution is 5.81. The fraction of sp³-hybridized carbons (Fsp3) is 0.562. The molecule has 0 aliphatic heterocycles. The lowest BCUT2D eigenvalue weighted by atomic mass is 9.92. The number of rotatable bonds is 4. The van der Waals surface area contributed by atoms with Crippen molar-refractivity contribution in [2.24, 2.45) is 5.92 Å². The smallest absolute Gasteiger partial charge is 0.137 e. The van der Waals surface area contributed by atoms with Crippen LogP contribution in [0.4, 0.5) is 0 Å². The molecule has 0 atom stereocenters. The van der Waals surface area contributed by atoms with Gasteiger partial charge in [0.1, 0.15) is 5.78 Å². The van der Waals surface area contributed by atoms with Gasteiger partial charge in [-0.1, -0.05) is 68.9 Å². The number of carbonyl (C=O) groups is 1. The van der Waals surface area contributed by atoms with Crippen LogP contribution < -0.4 is 0 Å². The SMILES string of the molecule is O=C(Cc1ccccc1)CC1CCCCCC1. The monoisotopic (exact) mass is 230 g/mol. The van der Waals surface area contributed by atoms with Crippen LogP contribution in [-0.2, 0) is 11.2 Å². The maximum atomic E-state index is 12.0. The summed E-state index contributed by atoms with van der Waals surface area (Å²) in [6.07, 6.45) is 9.33. The Kier molecular flexibility index (Phi) is 4.78. The second-order valence-electron chi connectivity index (χ2n) is 5.26. The van der Waals surface area contributed by atoms with Crippen molar-refractivity contribution < 1.29 is 4.79 Å². The van der Waals surface area contributed by atoms with Gasteiger partial charge in [-0.3, -0.25) is 4.79 Å². The molecule has 0 spiro atoms. The van der Waals surface area contributed by atoms with Crippen LogP contribution in [0, 0.1) is 5.92 Å². The molecule has 1 nitrogen and oxygen atoms in total. The summed E-state index contributed by atoms with van der Waals surface area (Å²) >= 11 is 0. The van der Waals surface area contributed by atoms with E-state index in [1.807, 2.05) is 30.3 Å². The number of carbonyl (C=O) groups excluding carboxylic acids is 1. The van der Waals surface area contributed by atoms with E-state index in [0.717, 1.165) is 12.0 Å². The van der Waals surface area contributed by atoms with Gasteiger partial charge in [-0.05, 0) is 11.5 Å². The standard InChI is InChI=1S/C16H22O/c17-16(13-15-10-6-3-7-11-15)12-14-8-4-1-2-5-9-14/h3,6-7,10-11,14H,1-2,4-5,8-9,12-13H2.